The van der Waals surface area contributed by atoms with Crippen molar-refractivity contribution in [2.45, 2.75) is 13.0 Å². The van der Waals surface area contributed by atoms with E-state index in [1.807, 2.05) is 0 Å². The van der Waals surface area contributed by atoms with E-state index in [2.05, 4.69) is 11.3 Å². The standard InChI is InChI=1S/C6H8O4.Na/c1-3-5(7)10-4(2)6(8)9;/h3-4H,1H2,2H3,(H,8,9);/q;+1. The molecule has 0 radical (unpaired) electrons. The van der Waals surface area contributed by atoms with Gasteiger partial charge in [0.15, 0.2) is 6.10 Å². The van der Waals surface area contributed by atoms with Gasteiger partial charge in [-0.15, -0.1) is 0 Å². The predicted octanol–water partition coefficient (Wildman–Crippen LogP) is -2.81. The topological polar surface area (TPSA) is 63.6 Å². The monoisotopic (exact) mass is 167 g/mol. The summed E-state index contributed by atoms with van der Waals surface area (Å²) in [4.78, 5) is 20.4. The smallest absolute Gasteiger partial charge is 0.479 e. The Morgan fingerprint density at radius 2 is 2.09 bits per heavy atom. The third kappa shape index (κ3) is 6.09. The molecule has 0 spiro atoms. The van der Waals surface area contributed by atoms with Crippen LogP contribution in [0.3, 0.4) is 0 Å². The molecule has 0 heterocycles. The van der Waals surface area contributed by atoms with E-state index in [9.17, 15) is 9.59 Å². The number of carbonyl (C=O) groups excluding carboxylic acids is 1. The molecule has 0 saturated heterocycles. The summed E-state index contributed by atoms with van der Waals surface area (Å²) < 4.78 is 4.30. The van der Waals surface area contributed by atoms with Crippen molar-refractivity contribution < 1.29 is 49.0 Å². The van der Waals surface area contributed by atoms with Gasteiger partial charge < -0.3 is 9.84 Å². The van der Waals surface area contributed by atoms with Gasteiger partial charge in [-0.2, -0.15) is 0 Å². The third-order valence-corrected chi connectivity index (χ3v) is 0.807. The number of carboxylic acid groups (broad SMARTS) is 1. The Balaban J connectivity index is 0. The second kappa shape index (κ2) is 6.39. The summed E-state index contributed by atoms with van der Waals surface area (Å²) in [6, 6.07) is 0. The minimum absolute atomic E-state index is 0. The van der Waals surface area contributed by atoms with Crippen molar-refractivity contribution >= 4 is 11.9 Å². The zero-order valence-corrected chi connectivity index (χ0v) is 8.53. The van der Waals surface area contributed by atoms with E-state index in [1.54, 1.807) is 0 Å². The third-order valence-electron chi connectivity index (χ3n) is 0.807. The van der Waals surface area contributed by atoms with Crippen molar-refractivity contribution in [3.8, 4) is 0 Å². The van der Waals surface area contributed by atoms with Crippen LogP contribution in [-0.2, 0) is 14.3 Å². The number of aliphatic carboxylic acids is 1. The zero-order chi connectivity index (χ0) is 8.15. The fraction of sp³-hybridized carbons (Fsp3) is 0.333. The summed E-state index contributed by atoms with van der Waals surface area (Å²) in [7, 11) is 0. The summed E-state index contributed by atoms with van der Waals surface area (Å²) in [6.07, 6.45) is -0.190. The van der Waals surface area contributed by atoms with Gasteiger partial charge in [0.2, 0.25) is 0 Å². The van der Waals surface area contributed by atoms with Crippen molar-refractivity contribution in [2.24, 2.45) is 0 Å². The summed E-state index contributed by atoms with van der Waals surface area (Å²) in [5.74, 6) is -1.90. The van der Waals surface area contributed by atoms with Crippen molar-refractivity contribution in [2.75, 3.05) is 0 Å². The molecule has 5 heteroatoms. The first kappa shape index (κ1) is 13.3. The second-order valence-electron chi connectivity index (χ2n) is 1.62. The van der Waals surface area contributed by atoms with Gasteiger partial charge in [-0.1, -0.05) is 6.58 Å². The number of hydrogen-bond donors (Lipinski definition) is 1. The Kier molecular flexibility index (Phi) is 7.72. The molecule has 0 aromatic rings. The molecule has 0 amide bonds. The van der Waals surface area contributed by atoms with Crippen molar-refractivity contribution in [1.82, 2.24) is 0 Å². The molecule has 0 bridgehead atoms. The van der Waals surface area contributed by atoms with Crippen LogP contribution in [0.15, 0.2) is 12.7 Å². The van der Waals surface area contributed by atoms with Crippen LogP contribution in [0.5, 0.6) is 0 Å². The number of carbonyl (C=O) groups is 2. The summed E-state index contributed by atoms with van der Waals surface area (Å²) >= 11 is 0. The maximum Gasteiger partial charge on any atom is 1.00 e. The van der Waals surface area contributed by atoms with Crippen molar-refractivity contribution in [3.63, 3.8) is 0 Å². The van der Waals surface area contributed by atoms with Gasteiger partial charge in [-0.25, -0.2) is 9.59 Å². The second-order valence-corrected chi connectivity index (χ2v) is 1.62. The first-order valence-corrected chi connectivity index (χ1v) is 2.63. The molecule has 0 saturated carbocycles. The fourth-order valence-corrected chi connectivity index (χ4v) is 0.273. The van der Waals surface area contributed by atoms with Gasteiger partial charge in [0, 0.05) is 6.08 Å². The molecule has 56 valence electrons. The minimum atomic E-state index is -1.17. The van der Waals surface area contributed by atoms with Gasteiger partial charge in [-0.3, -0.25) is 0 Å². The first-order valence-electron chi connectivity index (χ1n) is 2.63. The SMILES string of the molecule is C=CC(=O)OC(C)C(=O)O.[Na+]. The van der Waals surface area contributed by atoms with Crippen LogP contribution in [0.4, 0.5) is 0 Å². The van der Waals surface area contributed by atoms with Gasteiger partial charge in [0.25, 0.3) is 0 Å². The van der Waals surface area contributed by atoms with Crippen LogP contribution in [0.2, 0.25) is 0 Å². The van der Waals surface area contributed by atoms with E-state index in [0.29, 0.717) is 0 Å². The fourth-order valence-electron chi connectivity index (χ4n) is 0.273. The maximum atomic E-state index is 10.3. The summed E-state index contributed by atoms with van der Waals surface area (Å²) in [5.41, 5.74) is 0. The molecule has 0 aliphatic rings. The molecular weight excluding hydrogens is 159 g/mol. The number of rotatable bonds is 3. The van der Waals surface area contributed by atoms with Crippen LogP contribution in [0.25, 0.3) is 0 Å². The Bertz CT molecular complexity index is 166. The average Bonchev–Trinajstić information content (AvgIpc) is 1.87. The normalized spacial score (nSPS) is 10.6. The maximum absolute atomic E-state index is 10.3. The Morgan fingerprint density at radius 1 is 1.64 bits per heavy atom. The predicted molar refractivity (Wildman–Crippen MR) is 33.4 cm³/mol. The number of ether oxygens (including phenoxy) is 1. The van der Waals surface area contributed by atoms with E-state index in [-0.39, 0.29) is 29.6 Å². The molecule has 1 N–H and O–H groups in total. The molecule has 11 heavy (non-hydrogen) atoms. The van der Waals surface area contributed by atoms with E-state index in [0.717, 1.165) is 6.08 Å². The van der Waals surface area contributed by atoms with E-state index >= 15 is 0 Å². The molecule has 0 rings (SSSR count). The molecule has 0 fully saturated rings. The first-order chi connectivity index (χ1) is 4.57. The Hall–Kier alpha value is -0.320. The minimum Gasteiger partial charge on any atom is -0.479 e. The molecule has 4 nitrogen and oxygen atoms in total. The average molecular weight is 167 g/mol. The molecular formula is C6H8NaO4+. The number of hydrogen-bond acceptors (Lipinski definition) is 3. The van der Waals surface area contributed by atoms with Crippen LogP contribution in [-0.4, -0.2) is 23.1 Å². The van der Waals surface area contributed by atoms with E-state index in [1.165, 1.54) is 6.92 Å². The zero-order valence-electron chi connectivity index (χ0n) is 6.53. The van der Waals surface area contributed by atoms with Gasteiger partial charge in [0.05, 0.1) is 0 Å². The summed E-state index contributed by atoms with van der Waals surface area (Å²) in [5, 5.41) is 8.21. The van der Waals surface area contributed by atoms with Crippen molar-refractivity contribution in [1.29, 1.82) is 0 Å². The molecule has 0 aliphatic carbocycles. The van der Waals surface area contributed by atoms with Gasteiger partial charge in [-0.05, 0) is 6.92 Å². The Labute approximate surface area is 86.5 Å². The van der Waals surface area contributed by atoms with E-state index in [4.69, 9.17) is 5.11 Å². The van der Waals surface area contributed by atoms with Crippen LogP contribution >= 0.6 is 0 Å². The Morgan fingerprint density at radius 3 is 2.36 bits per heavy atom. The van der Waals surface area contributed by atoms with Crippen molar-refractivity contribution in [3.05, 3.63) is 12.7 Å². The number of carboxylic acids is 1. The molecule has 0 aliphatic heterocycles. The van der Waals surface area contributed by atoms with E-state index < -0.39 is 18.0 Å². The largest absolute Gasteiger partial charge is 1.00 e. The van der Waals surface area contributed by atoms with Crippen LogP contribution in [0, 0.1) is 0 Å². The summed E-state index contributed by atoms with van der Waals surface area (Å²) in [6.45, 7) is 4.37. The van der Waals surface area contributed by atoms with Gasteiger partial charge >= 0.3 is 41.5 Å². The molecule has 1 unspecified atom stereocenters. The molecule has 1 atom stereocenters. The van der Waals surface area contributed by atoms with Gasteiger partial charge in [0.1, 0.15) is 0 Å². The quantitative estimate of drug-likeness (QED) is 0.280. The molecule has 0 aromatic carbocycles. The van der Waals surface area contributed by atoms with Crippen LogP contribution < -0.4 is 29.6 Å². The van der Waals surface area contributed by atoms with Crippen LogP contribution in [0.1, 0.15) is 6.92 Å². The molecule has 0 aromatic heterocycles. The number of esters is 1.